The summed E-state index contributed by atoms with van der Waals surface area (Å²) < 4.78 is 0. The van der Waals surface area contributed by atoms with E-state index in [0.717, 1.165) is 58.7 Å². The molecule has 2 N–H and O–H groups in total. The summed E-state index contributed by atoms with van der Waals surface area (Å²) in [5.41, 5.74) is 9.73. The van der Waals surface area contributed by atoms with Crippen molar-refractivity contribution in [3.8, 4) is 0 Å². The zero-order valence-corrected chi connectivity index (χ0v) is 24.5. The van der Waals surface area contributed by atoms with Crippen LogP contribution < -0.4 is 5.73 Å². The Morgan fingerprint density at radius 2 is 1.18 bits per heavy atom. The minimum absolute atomic E-state index is 0.121. The highest BCUT2D eigenvalue weighted by Crippen LogP contribution is 2.79. The number of rotatable bonds is 8. The lowest BCUT2D eigenvalue weighted by atomic mass is 9.55. The third-order valence-corrected chi connectivity index (χ3v) is 17.1. The van der Waals surface area contributed by atoms with E-state index in [4.69, 9.17) is 5.73 Å². The molecule has 1 nitrogen and oxygen atoms in total. The lowest BCUT2D eigenvalue weighted by molar-refractivity contribution is 0.0185. The maximum Gasteiger partial charge on any atom is 0.0450 e. The maximum absolute atomic E-state index is 7.23. The van der Waals surface area contributed by atoms with Gasteiger partial charge in [-0.3, -0.25) is 0 Å². The average Bonchev–Trinajstić information content (AvgIpc) is 2.87. The lowest BCUT2D eigenvalue weighted by Gasteiger charge is -2.67. The average molecular weight is 528 g/mol. The largest absolute Gasteiger partial charge is 0.321 e. The summed E-state index contributed by atoms with van der Waals surface area (Å²) in [6.45, 7) is 0. The standard InChI is InChI=1S/C36H50NP/c37-36(11-5-4-10-33(36)32-8-2-1-3-9-32)12-6-7-13-38(34-20-26-14-27(21-34)16-28(15-26)22-34)35-23-29-17-30(24-35)19-31(18-29)25-35/h1-5,8-10,26-31H,6-7,11-25,37H2. The van der Waals surface area contributed by atoms with Crippen molar-refractivity contribution >= 4 is 13.5 Å². The van der Waals surface area contributed by atoms with Crippen LogP contribution >= 0.6 is 7.92 Å². The van der Waals surface area contributed by atoms with Crippen LogP contribution in [0.1, 0.15) is 108 Å². The van der Waals surface area contributed by atoms with Gasteiger partial charge in [-0.05, 0) is 159 Å². The van der Waals surface area contributed by atoms with Crippen molar-refractivity contribution in [1.82, 2.24) is 0 Å². The van der Waals surface area contributed by atoms with E-state index in [2.05, 4.69) is 48.6 Å². The fraction of sp³-hybridized carbons (Fsp3) is 0.722. The molecule has 8 saturated carbocycles. The molecular formula is C36H50NP. The zero-order valence-electron chi connectivity index (χ0n) is 23.6. The maximum atomic E-state index is 7.23. The monoisotopic (exact) mass is 527 g/mol. The second-order valence-electron chi connectivity index (χ2n) is 15.6. The highest BCUT2D eigenvalue weighted by molar-refractivity contribution is 7.61. The summed E-state index contributed by atoms with van der Waals surface area (Å²) in [5, 5.41) is 1.55. The van der Waals surface area contributed by atoms with Gasteiger partial charge in [0.05, 0.1) is 0 Å². The SMILES string of the molecule is NC1(CCCCP(C23CC4CC(CC(C4)C2)C3)C23CC4CC(CC(C4)C2)C3)CC=CC=C1c1ccccc1. The van der Waals surface area contributed by atoms with Gasteiger partial charge in [-0.2, -0.15) is 0 Å². The van der Waals surface area contributed by atoms with Gasteiger partial charge in [0.25, 0.3) is 0 Å². The third-order valence-electron chi connectivity index (χ3n) is 12.9. The fourth-order valence-electron chi connectivity index (χ4n) is 12.4. The Kier molecular flexibility index (Phi) is 6.09. The summed E-state index contributed by atoms with van der Waals surface area (Å²) in [6, 6.07) is 11.0. The molecule has 9 aliphatic rings. The van der Waals surface area contributed by atoms with Crippen LogP contribution in [0.4, 0.5) is 0 Å². The molecule has 0 aromatic heterocycles. The lowest BCUT2D eigenvalue weighted by Crippen LogP contribution is -2.56. The molecular weight excluding hydrogens is 477 g/mol. The van der Waals surface area contributed by atoms with Crippen LogP contribution in [0.25, 0.3) is 5.57 Å². The van der Waals surface area contributed by atoms with E-state index in [-0.39, 0.29) is 13.5 Å². The molecule has 8 bridgehead atoms. The molecule has 1 unspecified atom stereocenters. The van der Waals surface area contributed by atoms with Crippen molar-refractivity contribution in [1.29, 1.82) is 0 Å². The van der Waals surface area contributed by atoms with E-state index >= 15 is 0 Å². The second kappa shape index (κ2) is 9.31. The van der Waals surface area contributed by atoms with E-state index in [1.165, 1.54) is 24.0 Å². The van der Waals surface area contributed by atoms with E-state index < -0.39 is 0 Å². The van der Waals surface area contributed by atoms with Gasteiger partial charge in [-0.25, -0.2) is 0 Å². The van der Waals surface area contributed by atoms with Gasteiger partial charge in [0.2, 0.25) is 0 Å². The van der Waals surface area contributed by atoms with Crippen LogP contribution in [0, 0.1) is 35.5 Å². The van der Waals surface area contributed by atoms with Crippen LogP contribution in [-0.4, -0.2) is 22.0 Å². The molecule has 0 heterocycles. The Hall–Kier alpha value is -0.910. The van der Waals surface area contributed by atoms with Gasteiger partial charge < -0.3 is 5.73 Å². The van der Waals surface area contributed by atoms with E-state index in [0.29, 0.717) is 0 Å². The number of nitrogens with two attached hydrogens (primary N) is 1. The number of benzene rings is 1. The molecule has 38 heavy (non-hydrogen) atoms. The molecule has 0 aliphatic heterocycles. The first-order valence-electron chi connectivity index (χ1n) is 16.5. The van der Waals surface area contributed by atoms with Crippen molar-refractivity contribution in [2.75, 3.05) is 6.16 Å². The molecule has 10 rings (SSSR count). The van der Waals surface area contributed by atoms with Crippen LogP contribution in [0.5, 0.6) is 0 Å². The van der Waals surface area contributed by atoms with E-state index in [1.54, 1.807) is 83.2 Å². The van der Waals surface area contributed by atoms with Crippen LogP contribution in [0.2, 0.25) is 0 Å². The van der Waals surface area contributed by atoms with Gasteiger partial charge in [0, 0.05) is 5.54 Å². The summed E-state index contributed by atoms with van der Waals surface area (Å²) in [4.78, 5) is 0. The fourth-order valence-corrected chi connectivity index (χ4v) is 17.8. The summed E-state index contributed by atoms with van der Waals surface area (Å²) in [7, 11) is 0.121. The normalized spacial score (nSPS) is 46.9. The molecule has 1 aromatic rings. The highest BCUT2D eigenvalue weighted by Gasteiger charge is 2.62. The predicted molar refractivity (Wildman–Crippen MR) is 163 cm³/mol. The first-order valence-corrected chi connectivity index (χ1v) is 18.0. The third kappa shape index (κ3) is 4.15. The van der Waals surface area contributed by atoms with E-state index in [9.17, 15) is 0 Å². The minimum atomic E-state index is -0.194. The molecule has 0 amide bonds. The van der Waals surface area contributed by atoms with Crippen LogP contribution in [-0.2, 0) is 0 Å². The summed E-state index contributed by atoms with van der Waals surface area (Å²) in [5.74, 6) is 6.58. The first-order chi connectivity index (χ1) is 18.5. The Morgan fingerprint density at radius 1 is 0.684 bits per heavy atom. The van der Waals surface area contributed by atoms with Gasteiger partial charge in [0.15, 0.2) is 0 Å². The number of hydrogen-bond donors (Lipinski definition) is 1. The minimum Gasteiger partial charge on any atom is -0.321 e. The molecule has 0 spiro atoms. The topological polar surface area (TPSA) is 26.0 Å². The molecule has 0 radical (unpaired) electrons. The molecule has 1 atom stereocenters. The van der Waals surface area contributed by atoms with Gasteiger partial charge in [-0.15, -0.1) is 0 Å². The highest BCUT2D eigenvalue weighted by atomic mass is 31.1. The van der Waals surface area contributed by atoms with Crippen molar-refractivity contribution in [2.45, 2.75) is 119 Å². The Balaban J connectivity index is 1.03. The van der Waals surface area contributed by atoms with Gasteiger partial charge in [-0.1, -0.05) is 62.9 Å². The summed E-state index contributed by atoms with van der Waals surface area (Å²) in [6.07, 6.45) is 32.7. The van der Waals surface area contributed by atoms with E-state index in [1.807, 2.05) is 0 Å². The predicted octanol–water partition coefficient (Wildman–Crippen LogP) is 9.32. The Bertz CT molecular complexity index is 985. The first kappa shape index (κ1) is 24.9. The van der Waals surface area contributed by atoms with Crippen molar-refractivity contribution < 1.29 is 0 Å². The Morgan fingerprint density at radius 3 is 1.68 bits per heavy atom. The van der Waals surface area contributed by atoms with Crippen LogP contribution in [0.3, 0.4) is 0 Å². The quantitative estimate of drug-likeness (QED) is 0.264. The molecule has 8 fully saturated rings. The van der Waals surface area contributed by atoms with Crippen molar-refractivity contribution in [3.63, 3.8) is 0 Å². The molecule has 9 aliphatic carbocycles. The van der Waals surface area contributed by atoms with Crippen molar-refractivity contribution in [3.05, 3.63) is 54.1 Å². The number of hydrogen-bond acceptors (Lipinski definition) is 1. The van der Waals surface area contributed by atoms with Gasteiger partial charge in [0.1, 0.15) is 0 Å². The smallest absolute Gasteiger partial charge is 0.0450 e. The summed E-state index contributed by atoms with van der Waals surface area (Å²) >= 11 is 0. The second-order valence-corrected chi connectivity index (χ2v) is 18.8. The molecule has 204 valence electrons. The zero-order chi connectivity index (χ0) is 25.4. The van der Waals surface area contributed by atoms with Gasteiger partial charge >= 0.3 is 0 Å². The van der Waals surface area contributed by atoms with Crippen LogP contribution in [0.15, 0.2) is 48.6 Å². The number of unbranched alkanes of at least 4 members (excludes halogenated alkanes) is 1. The molecule has 2 heteroatoms. The number of allylic oxidation sites excluding steroid dienone is 2. The van der Waals surface area contributed by atoms with Crippen molar-refractivity contribution in [2.24, 2.45) is 41.2 Å². The Labute approximate surface area is 233 Å². The molecule has 0 saturated heterocycles. The molecule has 1 aromatic carbocycles.